The summed E-state index contributed by atoms with van der Waals surface area (Å²) in [6.45, 7) is 3.10. The van der Waals surface area contributed by atoms with Crippen LogP contribution in [0, 0.1) is 0 Å². The zero-order valence-electron chi connectivity index (χ0n) is 14.1. The topological polar surface area (TPSA) is 54.0 Å². The van der Waals surface area contributed by atoms with E-state index < -0.39 is 0 Å². The third-order valence-corrected chi connectivity index (χ3v) is 4.65. The molecule has 4 rings (SSSR count). The van der Waals surface area contributed by atoms with Crippen LogP contribution in [0.3, 0.4) is 0 Å². The highest BCUT2D eigenvalue weighted by molar-refractivity contribution is 5.21. The smallest absolute Gasteiger partial charge is 0.0925 e. The lowest BCUT2D eigenvalue weighted by Crippen LogP contribution is -2.37. The summed E-state index contributed by atoms with van der Waals surface area (Å²) in [6.07, 6.45) is 6.53. The Morgan fingerprint density at radius 1 is 1.12 bits per heavy atom. The molecule has 5 heteroatoms. The molecule has 2 aromatic heterocycles. The van der Waals surface area contributed by atoms with Crippen LogP contribution in [-0.4, -0.2) is 33.0 Å². The molecule has 128 valence electrons. The van der Waals surface area contributed by atoms with Gasteiger partial charge in [-0.25, -0.2) is 4.98 Å². The Morgan fingerprint density at radius 3 is 2.84 bits per heavy atom. The van der Waals surface area contributed by atoms with E-state index >= 15 is 0 Å². The van der Waals surface area contributed by atoms with E-state index in [0.29, 0.717) is 13.2 Å². The second-order valence-electron chi connectivity index (χ2n) is 6.36. The minimum absolute atomic E-state index is 0.166. The number of hydrogen-bond donors (Lipinski definition) is 1. The summed E-state index contributed by atoms with van der Waals surface area (Å²) in [5.41, 5.74) is 4.76. The van der Waals surface area contributed by atoms with Gasteiger partial charge in [0, 0.05) is 37.6 Å². The fourth-order valence-electron chi connectivity index (χ4n) is 3.37. The number of H-pyrrole nitrogens is 1. The molecule has 0 spiro atoms. The molecule has 0 fully saturated rings. The molecule has 1 N–H and O–H groups in total. The minimum atomic E-state index is 0.166. The molecule has 3 heterocycles. The molecule has 0 radical (unpaired) electrons. The second kappa shape index (κ2) is 7.59. The number of fused-ring (bicyclic) bond motifs is 1. The number of pyridine rings is 1. The van der Waals surface area contributed by atoms with Crippen molar-refractivity contribution in [1.29, 1.82) is 0 Å². The Balaban J connectivity index is 1.46. The molecule has 3 aromatic rings. The first-order chi connectivity index (χ1) is 12.4. The van der Waals surface area contributed by atoms with Crippen molar-refractivity contribution in [3.8, 4) is 0 Å². The van der Waals surface area contributed by atoms with Gasteiger partial charge < -0.3 is 9.72 Å². The van der Waals surface area contributed by atoms with Crippen molar-refractivity contribution < 1.29 is 4.74 Å². The van der Waals surface area contributed by atoms with E-state index in [9.17, 15) is 0 Å². The molecule has 5 nitrogen and oxygen atoms in total. The number of nitrogens with one attached hydrogen (secondary N) is 1. The summed E-state index contributed by atoms with van der Waals surface area (Å²) in [5, 5.41) is 0. The summed E-state index contributed by atoms with van der Waals surface area (Å²) >= 11 is 0. The van der Waals surface area contributed by atoms with Crippen molar-refractivity contribution in [3.63, 3.8) is 0 Å². The van der Waals surface area contributed by atoms with Gasteiger partial charge in [-0.05, 0) is 17.2 Å². The van der Waals surface area contributed by atoms with Crippen LogP contribution in [0.4, 0.5) is 0 Å². The summed E-state index contributed by atoms with van der Waals surface area (Å²) < 4.78 is 6.04. The summed E-state index contributed by atoms with van der Waals surface area (Å²) in [4.78, 5) is 14.5. The summed E-state index contributed by atoms with van der Waals surface area (Å²) in [5.74, 6) is 0. The number of benzene rings is 1. The van der Waals surface area contributed by atoms with Gasteiger partial charge in [-0.15, -0.1) is 0 Å². The fourth-order valence-corrected chi connectivity index (χ4v) is 3.37. The average molecular weight is 334 g/mol. The van der Waals surface area contributed by atoms with E-state index in [1.807, 2.05) is 36.7 Å². The SMILES string of the molecule is c1ccc(COCC2c3nc[nH]c3CCN2Cc2cccnc2)cc1. The van der Waals surface area contributed by atoms with Gasteiger partial charge in [0.1, 0.15) is 0 Å². The predicted octanol–water partition coefficient (Wildman–Crippen LogP) is 3.12. The van der Waals surface area contributed by atoms with E-state index in [2.05, 4.69) is 38.1 Å². The molecule has 0 aliphatic carbocycles. The maximum absolute atomic E-state index is 6.04. The normalized spacial score (nSPS) is 17.4. The van der Waals surface area contributed by atoms with Crippen LogP contribution < -0.4 is 0 Å². The Morgan fingerprint density at radius 2 is 2.00 bits per heavy atom. The number of aromatic nitrogens is 3. The van der Waals surface area contributed by atoms with Crippen LogP contribution >= 0.6 is 0 Å². The predicted molar refractivity (Wildman–Crippen MR) is 95.8 cm³/mol. The molecule has 1 aliphatic rings. The Hall–Kier alpha value is -2.50. The first-order valence-corrected chi connectivity index (χ1v) is 8.67. The van der Waals surface area contributed by atoms with Gasteiger partial charge in [0.25, 0.3) is 0 Å². The van der Waals surface area contributed by atoms with Gasteiger partial charge in [0.15, 0.2) is 0 Å². The molecule has 1 aromatic carbocycles. The van der Waals surface area contributed by atoms with E-state index in [0.717, 1.165) is 25.2 Å². The summed E-state index contributed by atoms with van der Waals surface area (Å²) in [7, 11) is 0. The van der Waals surface area contributed by atoms with E-state index in [4.69, 9.17) is 4.74 Å². The van der Waals surface area contributed by atoms with Crippen LogP contribution in [0.25, 0.3) is 0 Å². The van der Waals surface area contributed by atoms with Crippen LogP contribution in [0.5, 0.6) is 0 Å². The van der Waals surface area contributed by atoms with Gasteiger partial charge >= 0.3 is 0 Å². The lowest BCUT2D eigenvalue weighted by molar-refractivity contribution is 0.0392. The standard InChI is InChI=1S/C20H22N4O/c1-2-5-16(6-3-1)13-25-14-19-20-18(22-15-23-20)8-10-24(19)12-17-7-4-9-21-11-17/h1-7,9,11,15,19H,8,10,12-14H2,(H,22,23). The molecule has 1 unspecified atom stereocenters. The highest BCUT2D eigenvalue weighted by atomic mass is 16.5. The molecule has 0 saturated carbocycles. The number of imidazole rings is 1. The minimum Gasteiger partial charge on any atom is -0.375 e. The number of aromatic amines is 1. The van der Waals surface area contributed by atoms with Gasteiger partial charge in [0.2, 0.25) is 0 Å². The second-order valence-corrected chi connectivity index (χ2v) is 6.36. The quantitative estimate of drug-likeness (QED) is 0.752. The van der Waals surface area contributed by atoms with Crippen molar-refractivity contribution in [1.82, 2.24) is 19.9 Å². The molecule has 0 amide bonds. The molecular weight excluding hydrogens is 312 g/mol. The zero-order valence-corrected chi connectivity index (χ0v) is 14.1. The average Bonchev–Trinajstić information content (AvgIpc) is 3.14. The number of ether oxygens (including phenoxy) is 1. The number of rotatable bonds is 6. The molecule has 1 atom stereocenters. The maximum Gasteiger partial charge on any atom is 0.0925 e. The zero-order chi connectivity index (χ0) is 16.9. The number of hydrogen-bond acceptors (Lipinski definition) is 4. The monoisotopic (exact) mass is 334 g/mol. The van der Waals surface area contributed by atoms with Crippen molar-refractivity contribution in [2.75, 3.05) is 13.2 Å². The van der Waals surface area contributed by atoms with Crippen molar-refractivity contribution in [2.45, 2.75) is 25.6 Å². The van der Waals surface area contributed by atoms with Crippen molar-refractivity contribution >= 4 is 0 Å². The van der Waals surface area contributed by atoms with Crippen LogP contribution in [0.1, 0.15) is 28.6 Å². The molecule has 0 saturated heterocycles. The third-order valence-electron chi connectivity index (χ3n) is 4.65. The Kier molecular flexibility index (Phi) is 4.86. The van der Waals surface area contributed by atoms with Crippen molar-refractivity contribution in [3.05, 3.63) is 83.7 Å². The van der Waals surface area contributed by atoms with E-state index in [1.54, 1.807) is 6.33 Å². The molecule has 0 bridgehead atoms. The number of nitrogens with zero attached hydrogens (tertiary/aromatic N) is 3. The van der Waals surface area contributed by atoms with Gasteiger partial charge in [-0.3, -0.25) is 9.88 Å². The van der Waals surface area contributed by atoms with E-state index in [1.165, 1.54) is 16.8 Å². The highest BCUT2D eigenvalue weighted by Gasteiger charge is 2.29. The van der Waals surface area contributed by atoms with Gasteiger partial charge in [-0.1, -0.05) is 36.4 Å². The molecule has 25 heavy (non-hydrogen) atoms. The lowest BCUT2D eigenvalue weighted by atomic mass is 10.0. The first-order valence-electron chi connectivity index (χ1n) is 8.67. The Labute approximate surface area is 147 Å². The maximum atomic E-state index is 6.04. The van der Waals surface area contributed by atoms with Gasteiger partial charge in [0.05, 0.1) is 31.3 Å². The van der Waals surface area contributed by atoms with Crippen LogP contribution in [0.2, 0.25) is 0 Å². The largest absolute Gasteiger partial charge is 0.375 e. The summed E-state index contributed by atoms with van der Waals surface area (Å²) in [6, 6.07) is 14.6. The lowest BCUT2D eigenvalue weighted by Gasteiger charge is -2.34. The van der Waals surface area contributed by atoms with E-state index in [-0.39, 0.29) is 6.04 Å². The first kappa shape index (κ1) is 16.0. The Bertz CT molecular complexity index is 788. The molecule has 1 aliphatic heterocycles. The van der Waals surface area contributed by atoms with Crippen LogP contribution in [-0.2, 0) is 24.3 Å². The highest BCUT2D eigenvalue weighted by Crippen LogP contribution is 2.29. The molecular formula is C20H22N4O. The van der Waals surface area contributed by atoms with Crippen LogP contribution in [0.15, 0.2) is 61.2 Å². The van der Waals surface area contributed by atoms with Gasteiger partial charge in [-0.2, -0.15) is 0 Å². The third kappa shape index (κ3) is 3.78. The fraction of sp³-hybridized carbons (Fsp3) is 0.300. The van der Waals surface area contributed by atoms with Crippen molar-refractivity contribution in [2.24, 2.45) is 0 Å².